The molecule has 0 aliphatic heterocycles. The Bertz CT molecular complexity index is 265. The number of aliphatic hydroxyl groups excluding tert-OH is 1. The lowest BCUT2D eigenvalue weighted by Crippen LogP contribution is -1.98. The third-order valence-electron chi connectivity index (χ3n) is 1.76. The standard InChI is InChI=1S/C9H16N2OS2/c1-3-4-8-10-9(14-11-8)13-7(2)5-6-12/h7,12H,3-6H2,1-2H3. The van der Waals surface area contributed by atoms with Gasteiger partial charge in [-0.25, -0.2) is 4.98 Å². The van der Waals surface area contributed by atoms with Gasteiger partial charge in [0.25, 0.3) is 0 Å². The van der Waals surface area contributed by atoms with Gasteiger partial charge in [-0.2, -0.15) is 4.37 Å². The number of rotatable bonds is 6. The predicted molar refractivity (Wildman–Crippen MR) is 60.9 cm³/mol. The summed E-state index contributed by atoms with van der Waals surface area (Å²) in [5.41, 5.74) is 0. The van der Waals surface area contributed by atoms with Crippen LogP contribution in [0.25, 0.3) is 0 Å². The zero-order valence-electron chi connectivity index (χ0n) is 8.56. The lowest BCUT2D eigenvalue weighted by molar-refractivity contribution is 0.289. The van der Waals surface area contributed by atoms with Crippen LogP contribution in [0.5, 0.6) is 0 Å². The van der Waals surface area contributed by atoms with Gasteiger partial charge in [0, 0.05) is 18.3 Å². The molecule has 0 aliphatic rings. The molecule has 1 N–H and O–H groups in total. The summed E-state index contributed by atoms with van der Waals surface area (Å²) < 4.78 is 5.29. The van der Waals surface area contributed by atoms with Crippen LogP contribution in [-0.2, 0) is 6.42 Å². The SMILES string of the molecule is CCCc1nsc(SC(C)CCO)n1. The van der Waals surface area contributed by atoms with Crippen LogP contribution in [0, 0.1) is 0 Å². The summed E-state index contributed by atoms with van der Waals surface area (Å²) in [6.45, 7) is 4.47. The van der Waals surface area contributed by atoms with Gasteiger partial charge in [-0.3, -0.25) is 0 Å². The van der Waals surface area contributed by atoms with Crippen LogP contribution in [0.3, 0.4) is 0 Å². The van der Waals surface area contributed by atoms with Crippen LogP contribution in [0.1, 0.15) is 32.5 Å². The Morgan fingerprint density at radius 1 is 1.57 bits per heavy atom. The Labute approximate surface area is 93.1 Å². The second-order valence-electron chi connectivity index (χ2n) is 3.17. The zero-order chi connectivity index (χ0) is 10.4. The molecule has 3 nitrogen and oxygen atoms in total. The third-order valence-corrected chi connectivity index (χ3v) is 3.75. The van der Waals surface area contributed by atoms with E-state index in [9.17, 15) is 0 Å². The Morgan fingerprint density at radius 2 is 2.36 bits per heavy atom. The Balaban J connectivity index is 2.42. The van der Waals surface area contributed by atoms with E-state index in [2.05, 4.69) is 23.2 Å². The van der Waals surface area contributed by atoms with E-state index in [1.54, 1.807) is 11.8 Å². The van der Waals surface area contributed by atoms with E-state index in [0.29, 0.717) is 5.25 Å². The molecule has 1 heterocycles. The molecular formula is C9H16N2OS2. The van der Waals surface area contributed by atoms with Crippen LogP contribution in [-0.4, -0.2) is 26.3 Å². The maximum absolute atomic E-state index is 8.76. The Kier molecular flexibility index (Phi) is 5.44. The first-order chi connectivity index (χ1) is 6.76. The second kappa shape index (κ2) is 6.37. The molecule has 0 spiro atoms. The molecule has 0 amide bonds. The van der Waals surface area contributed by atoms with Crippen molar-refractivity contribution in [3.05, 3.63) is 5.82 Å². The summed E-state index contributed by atoms with van der Waals surface area (Å²) in [5, 5.41) is 9.18. The first-order valence-corrected chi connectivity index (χ1v) is 6.51. The maximum atomic E-state index is 8.76. The van der Waals surface area contributed by atoms with E-state index in [1.807, 2.05) is 0 Å². The molecule has 0 bridgehead atoms. The van der Waals surface area contributed by atoms with Crippen LogP contribution in [0.2, 0.25) is 0 Å². The van der Waals surface area contributed by atoms with Gasteiger partial charge in [-0.1, -0.05) is 25.6 Å². The number of aliphatic hydroxyl groups is 1. The molecule has 14 heavy (non-hydrogen) atoms. The van der Waals surface area contributed by atoms with Crippen molar-refractivity contribution < 1.29 is 5.11 Å². The molecule has 1 rings (SSSR count). The lowest BCUT2D eigenvalue weighted by Gasteiger charge is -2.04. The van der Waals surface area contributed by atoms with Gasteiger partial charge in [0.15, 0.2) is 4.34 Å². The van der Waals surface area contributed by atoms with E-state index in [-0.39, 0.29) is 6.61 Å². The highest BCUT2D eigenvalue weighted by atomic mass is 32.2. The number of hydrogen-bond donors (Lipinski definition) is 1. The van der Waals surface area contributed by atoms with Gasteiger partial charge < -0.3 is 5.11 Å². The first kappa shape index (κ1) is 11.9. The van der Waals surface area contributed by atoms with Crippen LogP contribution in [0.15, 0.2) is 4.34 Å². The van der Waals surface area contributed by atoms with E-state index in [1.165, 1.54) is 11.5 Å². The summed E-state index contributed by atoms with van der Waals surface area (Å²) in [4.78, 5) is 4.41. The van der Waals surface area contributed by atoms with Crippen LogP contribution >= 0.6 is 23.3 Å². The molecule has 1 atom stereocenters. The smallest absolute Gasteiger partial charge is 0.170 e. The predicted octanol–water partition coefficient (Wildman–Crippen LogP) is 2.35. The van der Waals surface area contributed by atoms with E-state index >= 15 is 0 Å². The van der Waals surface area contributed by atoms with Gasteiger partial charge >= 0.3 is 0 Å². The van der Waals surface area contributed by atoms with Crippen LogP contribution < -0.4 is 0 Å². The van der Waals surface area contributed by atoms with Gasteiger partial charge in [-0.05, 0) is 24.4 Å². The minimum absolute atomic E-state index is 0.245. The number of hydrogen-bond acceptors (Lipinski definition) is 5. The largest absolute Gasteiger partial charge is 0.396 e. The summed E-state index contributed by atoms with van der Waals surface area (Å²) in [6.07, 6.45) is 2.87. The quantitative estimate of drug-likeness (QED) is 0.765. The third kappa shape index (κ3) is 3.94. The molecule has 1 aromatic rings. The van der Waals surface area contributed by atoms with Gasteiger partial charge in [-0.15, -0.1) is 0 Å². The van der Waals surface area contributed by atoms with Crippen molar-refractivity contribution in [2.24, 2.45) is 0 Å². The average molecular weight is 232 g/mol. The van der Waals surface area contributed by atoms with Gasteiger partial charge in [0.2, 0.25) is 0 Å². The number of aryl methyl sites for hydroxylation is 1. The molecule has 1 unspecified atom stereocenters. The monoisotopic (exact) mass is 232 g/mol. The van der Waals surface area contributed by atoms with Crippen molar-refractivity contribution in [2.45, 2.75) is 42.7 Å². The van der Waals surface area contributed by atoms with Crippen LogP contribution in [0.4, 0.5) is 0 Å². The summed E-state index contributed by atoms with van der Waals surface area (Å²) in [6, 6.07) is 0. The molecule has 5 heteroatoms. The first-order valence-electron chi connectivity index (χ1n) is 4.86. The van der Waals surface area contributed by atoms with Gasteiger partial charge in [0.1, 0.15) is 5.82 Å². The summed E-state index contributed by atoms with van der Waals surface area (Å²) >= 11 is 3.16. The molecule has 0 saturated carbocycles. The maximum Gasteiger partial charge on any atom is 0.170 e. The van der Waals surface area contributed by atoms with Crippen molar-refractivity contribution in [1.82, 2.24) is 9.36 Å². The fraction of sp³-hybridized carbons (Fsp3) is 0.778. The lowest BCUT2D eigenvalue weighted by atomic mass is 10.3. The fourth-order valence-electron chi connectivity index (χ4n) is 1.02. The highest BCUT2D eigenvalue weighted by Crippen LogP contribution is 2.26. The molecule has 0 aromatic carbocycles. The topological polar surface area (TPSA) is 46.0 Å². The number of nitrogens with zero attached hydrogens (tertiary/aromatic N) is 2. The van der Waals surface area contributed by atoms with Crippen molar-refractivity contribution >= 4 is 23.3 Å². The minimum atomic E-state index is 0.245. The Morgan fingerprint density at radius 3 is 3.00 bits per heavy atom. The van der Waals surface area contributed by atoms with E-state index < -0.39 is 0 Å². The van der Waals surface area contributed by atoms with E-state index in [0.717, 1.165) is 29.4 Å². The second-order valence-corrected chi connectivity index (χ2v) is 5.60. The normalized spacial score (nSPS) is 13.1. The van der Waals surface area contributed by atoms with Gasteiger partial charge in [0.05, 0.1) is 0 Å². The van der Waals surface area contributed by atoms with Crippen molar-refractivity contribution in [1.29, 1.82) is 0 Å². The molecular weight excluding hydrogens is 216 g/mol. The average Bonchev–Trinajstić information content (AvgIpc) is 2.53. The number of thioether (sulfide) groups is 1. The molecule has 0 saturated heterocycles. The molecule has 0 fully saturated rings. The summed E-state index contributed by atoms with van der Waals surface area (Å²) in [5.74, 6) is 0.955. The molecule has 0 aliphatic carbocycles. The number of aromatic nitrogens is 2. The van der Waals surface area contributed by atoms with Crippen molar-refractivity contribution in [3.8, 4) is 0 Å². The van der Waals surface area contributed by atoms with Crippen molar-refractivity contribution in [2.75, 3.05) is 6.61 Å². The zero-order valence-corrected chi connectivity index (χ0v) is 10.2. The fourth-order valence-corrected chi connectivity index (χ4v) is 2.99. The molecule has 80 valence electrons. The molecule has 0 radical (unpaired) electrons. The minimum Gasteiger partial charge on any atom is -0.396 e. The summed E-state index contributed by atoms with van der Waals surface area (Å²) in [7, 11) is 0. The highest BCUT2D eigenvalue weighted by molar-refractivity contribution is 8.01. The highest BCUT2D eigenvalue weighted by Gasteiger charge is 2.08. The molecule has 1 aromatic heterocycles. The Hall–Kier alpha value is -0.130. The van der Waals surface area contributed by atoms with Crippen molar-refractivity contribution in [3.63, 3.8) is 0 Å². The van der Waals surface area contributed by atoms with E-state index in [4.69, 9.17) is 5.11 Å².